The van der Waals surface area contributed by atoms with Crippen LogP contribution < -0.4 is 10.6 Å². The molecule has 1 aliphatic heterocycles. The van der Waals surface area contributed by atoms with Gasteiger partial charge in [-0.05, 0) is 29.7 Å². The normalized spacial score (nSPS) is 17.4. The predicted molar refractivity (Wildman–Crippen MR) is 75.9 cm³/mol. The topological polar surface area (TPSA) is 41.1 Å². The Labute approximate surface area is 116 Å². The molecule has 2 aromatic rings. The van der Waals surface area contributed by atoms with Gasteiger partial charge < -0.3 is 10.6 Å². The minimum Gasteiger partial charge on any atom is -0.322 e. The SMILES string of the molecule is O=C(Nc1ccccc1F)C1NCCc2ccccc21. The monoisotopic (exact) mass is 270 g/mol. The first-order valence-electron chi connectivity index (χ1n) is 6.62. The zero-order chi connectivity index (χ0) is 13.9. The van der Waals surface area contributed by atoms with Crippen molar-refractivity contribution in [1.82, 2.24) is 5.32 Å². The number of para-hydroxylation sites is 1. The highest BCUT2D eigenvalue weighted by molar-refractivity contribution is 5.96. The molecule has 0 saturated carbocycles. The first kappa shape index (κ1) is 12.8. The third-order valence-corrected chi connectivity index (χ3v) is 3.50. The van der Waals surface area contributed by atoms with Crippen LogP contribution in [0.25, 0.3) is 0 Å². The molecule has 3 nitrogen and oxygen atoms in total. The van der Waals surface area contributed by atoms with E-state index in [2.05, 4.69) is 10.6 Å². The van der Waals surface area contributed by atoms with E-state index in [1.807, 2.05) is 24.3 Å². The zero-order valence-corrected chi connectivity index (χ0v) is 10.9. The molecule has 0 aliphatic carbocycles. The molecule has 102 valence electrons. The zero-order valence-electron chi connectivity index (χ0n) is 10.9. The van der Waals surface area contributed by atoms with Gasteiger partial charge in [-0.1, -0.05) is 36.4 Å². The van der Waals surface area contributed by atoms with E-state index in [1.54, 1.807) is 18.2 Å². The van der Waals surface area contributed by atoms with E-state index in [-0.39, 0.29) is 11.6 Å². The average Bonchev–Trinajstić information content (AvgIpc) is 2.49. The van der Waals surface area contributed by atoms with E-state index in [9.17, 15) is 9.18 Å². The highest BCUT2D eigenvalue weighted by atomic mass is 19.1. The van der Waals surface area contributed by atoms with Gasteiger partial charge in [0, 0.05) is 6.54 Å². The Kier molecular flexibility index (Phi) is 3.48. The molecule has 1 heterocycles. The summed E-state index contributed by atoms with van der Waals surface area (Å²) in [6, 6.07) is 13.6. The van der Waals surface area contributed by atoms with Crippen molar-refractivity contribution in [2.24, 2.45) is 0 Å². The summed E-state index contributed by atoms with van der Waals surface area (Å²) in [7, 11) is 0. The van der Waals surface area contributed by atoms with Crippen molar-refractivity contribution in [1.29, 1.82) is 0 Å². The lowest BCUT2D eigenvalue weighted by Gasteiger charge is -2.26. The fraction of sp³-hybridized carbons (Fsp3) is 0.188. The Balaban J connectivity index is 1.84. The smallest absolute Gasteiger partial charge is 0.246 e. The molecule has 20 heavy (non-hydrogen) atoms. The molecule has 3 rings (SSSR count). The maximum absolute atomic E-state index is 13.6. The summed E-state index contributed by atoms with van der Waals surface area (Å²) in [5, 5.41) is 5.82. The van der Waals surface area contributed by atoms with Gasteiger partial charge >= 0.3 is 0 Å². The van der Waals surface area contributed by atoms with Crippen molar-refractivity contribution in [3.8, 4) is 0 Å². The number of benzene rings is 2. The molecular weight excluding hydrogens is 255 g/mol. The van der Waals surface area contributed by atoms with E-state index in [1.165, 1.54) is 11.6 Å². The number of rotatable bonds is 2. The first-order chi connectivity index (χ1) is 9.75. The van der Waals surface area contributed by atoms with Crippen LogP contribution in [0, 0.1) is 5.82 Å². The Hall–Kier alpha value is -2.20. The van der Waals surface area contributed by atoms with Gasteiger partial charge in [-0.15, -0.1) is 0 Å². The van der Waals surface area contributed by atoms with Crippen LogP contribution >= 0.6 is 0 Å². The van der Waals surface area contributed by atoms with Crippen LogP contribution in [0.15, 0.2) is 48.5 Å². The summed E-state index contributed by atoms with van der Waals surface area (Å²) < 4.78 is 13.6. The summed E-state index contributed by atoms with van der Waals surface area (Å²) in [5.74, 6) is -0.660. The Morgan fingerprint density at radius 1 is 1.15 bits per heavy atom. The first-order valence-corrected chi connectivity index (χ1v) is 6.62. The molecule has 0 bridgehead atoms. The fourth-order valence-corrected chi connectivity index (χ4v) is 2.51. The van der Waals surface area contributed by atoms with Gasteiger partial charge in [0.15, 0.2) is 0 Å². The summed E-state index contributed by atoms with van der Waals surface area (Å²) in [6.07, 6.45) is 0.902. The summed E-state index contributed by atoms with van der Waals surface area (Å²) in [5.41, 5.74) is 2.34. The van der Waals surface area contributed by atoms with Gasteiger partial charge in [0.05, 0.1) is 5.69 Å². The number of hydrogen-bond donors (Lipinski definition) is 2. The van der Waals surface area contributed by atoms with E-state index in [0.29, 0.717) is 0 Å². The van der Waals surface area contributed by atoms with Crippen molar-refractivity contribution in [2.75, 3.05) is 11.9 Å². The van der Waals surface area contributed by atoms with E-state index < -0.39 is 11.9 Å². The van der Waals surface area contributed by atoms with Gasteiger partial charge in [0.1, 0.15) is 11.9 Å². The fourth-order valence-electron chi connectivity index (χ4n) is 2.51. The second-order valence-corrected chi connectivity index (χ2v) is 4.81. The quantitative estimate of drug-likeness (QED) is 0.881. The summed E-state index contributed by atoms with van der Waals surface area (Å²) in [6.45, 7) is 0.742. The average molecular weight is 270 g/mol. The highest BCUT2D eigenvalue weighted by Gasteiger charge is 2.26. The molecule has 1 atom stereocenters. The highest BCUT2D eigenvalue weighted by Crippen LogP contribution is 2.24. The van der Waals surface area contributed by atoms with Gasteiger partial charge in [0.25, 0.3) is 0 Å². The molecular formula is C16H15FN2O. The van der Waals surface area contributed by atoms with Crippen LogP contribution in [0.3, 0.4) is 0 Å². The number of hydrogen-bond acceptors (Lipinski definition) is 2. The molecule has 2 N–H and O–H groups in total. The number of halogens is 1. The largest absolute Gasteiger partial charge is 0.322 e. The van der Waals surface area contributed by atoms with E-state index >= 15 is 0 Å². The Bertz CT molecular complexity index is 642. The Morgan fingerprint density at radius 3 is 2.75 bits per heavy atom. The maximum Gasteiger partial charge on any atom is 0.246 e. The second kappa shape index (κ2) is 5.43. The van der Waals surface area contributed by atoms with Crippen LogP contribution in [-0.2, 0) is 11.2 Å². The van der Waals surface area contributed by atoms with Gasteiger partial charge in [0.2, 0.25) is 5.91 Å². The molecule has 1 aliphatic rings. The standard InChI is InChI=1S/C16H15FN2O/c17-13-7-3-4-8-14(13)19-16(20)15-12-6-2-1-5-11(12)9-10-18-15/h1-8,15,18H,9-10H2,(H,19,20). The van der Waals surface area contributed by atoms with Crippen molar-refractivity contribution >= 4 is 11.6 Å². The van der Waals surface area contributed by atoms with E-state index in [4.69, 9.17) is 0 Å². The molecule has 1 amide bonds. The Morgan fingerprint density at radius 2 is 1.90 bits per heavy atom. The lowest BCUT2D eigenvalue weighted by atomic mass is 9.94. The summed E-state index contributed by atoms with van der Waals surface area (Å²) in [4.78, 5) is 12.3. The number of anilines is 1. The number of fused-ring (bicyclic) bond motifs is 1. The molecule has 0 spiro atoms. The van der Waals surface area contributed by atoms with Gasteiger partial charge in [-0.3, -0.25) is 4.79 Å². The third-order valence-electron chi connectivity index (χ3n) is 3.50. The lowest BCUT2D eigenvalue weighted by Crippen LogP contribution is -2.38. The summed E-state index contributed by atoms with van der Waals surface area (Å²) >= 11 is 0. The van der Waals surface area contributed by atoms with Crippen molar-refractivity contribution < 1.29 is 9.18 Å². The molecule has 0 aromatic heterocycles. The van der Waals surface area contributed by atoms with E-state index in [0.717, 1.165) is 18.5 Å². The number of amides is 1. The molecule has 0 saturated heterocycles. The van der Waals surface area contributed by atoms with Crippen LogP contribution in [0.2, 0.25) is 0 Å². The lowest BCUT2D eigenvalue weighted by molar-refractivity contribution is -0.118. The third kappa shape index (κ3) is 2.42. The van der Waals surface area contributed by atoms with Crippen LogP contribution in [0.1, 0.15) is 17.2 Å². The number of carbonyl (C=O) groups is 1. The molecule has 2 aromatic carbocycles. The number of carbonyl (C=O) groups excluding carboxylic acids is 1. The molecule has 4 heteroatoms. The molecule has 1 unspecified atom stereocenters. The number of nitrogens with one attached hydrogen (secondary N) is 2. The molecule has 0 radical (unpaired) electrons. The molecule has 0 fully saturated rings. The van der Waals surface area contributed by atoms with Gasteiger partial charge in [-0.2, -0.15) is 0 Å². The van der Waals surface area contributed by atoms with Crippen LogP contribution in [-0.4, -0.2) is 12.5 Å². The van der Waals surface area contributed by atoms with Crippen molar-refractivity contribution in [3.63, 3.8) is 0 Å². The maximum atomic E-state index is 13.6. The van der Waals surface area contributed by atoms with Crippen molar-refractivity contribution in [2.45, 2.75) is 12.5 Å². The van der Waals surface area contributed by atoms with Crippen LogP contribution in [0.5, 0.6) is 0 Å². The van der Waals surface area contributed by atoms with Crippen LogP contribution in [0.4, 0.5) is 10.1 Å². The minimum atomic E-state index is -0.431. The minimum absolute atomic E-state index is 0.211. The van der Waals surface area contributed by atoms with Crippen molar-refractivity contribution in [3.05, 3.63) is 65.5 Å². The predicted octanol–water partition coefficient (Wildman–Crippen LogP) is 2.65. The van der Waals surface area contributed by atoms with Gasteiger partial charge in [-0.25, -0.2) is 4.39 Å². The second-order valence-electron chi connectivity index (χ2n) is 4.81.